The highest BCUT2D eigenvalue weighted by Gasteiger charge is 2.36. The van der Waals surface area contributed by atoms with Crippen molar-refractivity contribution in [3.63, 3.8) is 0 Å². The van der Waals surface area contributed by atoms with Gasteiger partial charge in [0.05, 0.1) is 36.0 Å². The third-order valence-electron chi connectivity index (χ3n) is 4.41. The van der Waals surface area contributed by atoms with Gasteiger partial charge < -0.3 is 4.74 Å². The van der Waals surface area contributed by atoms with Gasteiger partial charge in [-0.05, 0) is 32.9 Å². The highest BCUT2D eigenvalue weighted by Crippen LogP contribution is 2.33. The number of ether oxygens (including phenoxy) is 1. The molecule has 0 radical (unpaired) electrons. The molecule has 2 rings (SSSR count). The minimum absolute atomic E-state index is 0.199. The van der Waals surface area contributed by atoms with Crippen LogP contribution in [0.2, 0.25) is 0 Å². The highest BCUT2D eigenvalue weighted by atomic mass is 19.4. The zero-order valence-electron chi connectivity index (χ0n) is 19.4. The molecule has 194 valence electrons. The number of Topliss-reactive ketones (excluding diaryl/α,β-unsaturated/α-hetero) is 4. The van der Waals surface area contributed by atoms with E-state index >= 15 is 0 Å². The SMILES string of the molecule is CC(=O)CC(=O)c1ccccc1C(F)(F)F.CCOC=C(C(C)=O)C(=O)c1ccccc1C(F)(F)F. The van der Waals surface area contributed by atoms with Crippen LogP contribution in [0.1, 0.15) is 59.0 Å². The molecule has 5 nitrogen and oxygen atoms in total. The molecular weight excluding hydrogens is 494 g/mol. The Morgan fingerprint density at radius 1 is 0.778 bits per heavy atom. The summed E-state index contributed by atoms with van der Waals surface area (Å²) in [5, 5.41) is 0. The van der Waals surface area contributed by atoms with Crippen molar-refractivity contribution >= 4 is 23.1 Å². The second kappa shape index (κ2) is 12.8. The zero-order valence-corrected chi connectivity index (χ0v) is 19.4. The van der Waals surface area contributed by atoms with Crippen molar-refractivity contribution in [1.29, 1.82) is 0 Å². The summed E-state index contributed by atoms with van der Waals surface area (Å²) in [6.07, 6.45) is -8.85. The normalized spacial score (nSPS) is 11.8. The van der Waals surface area contributed by atoms with Crippen LogP contribution >= 0.6 is 0 Å². The Kier molecular flexibility index (Phi) is 10.8. The van der Waals surface area contributed by atoms with Gasteiger partial charge in [-0.25, -0.2) is 0 Å². The molecule has 0 aliphatic carbocycles. The molecule has 0 fully saturated rings. The lowest BCUT2D eigenvalue weighted by atomic mass is 9.97. The number of carbonyl (C=O) groups is 4. The summed E-state index contributed by atoms with van der Waals surface area (Å²) in [6.45, 7) is 4.08. The summed E-state index contributed by atoms with van der Waals surface area (Å²) < 4.78 is 80.9. The summed E-state index contributed by atoms with van der Waals surface area (Å²) in [5.74, 6) is -2.92. The first-order chi connectivity index (χ1) is 16.6. The van der Waals surface area contributed by atoms with Crippen LogP contribution < -0.4 is 0 Å². The summed E-state index contributed by atoms with van der Waals surface area (Å²) in [7, 11) is 0. The van der Waals surface area contributed by atoms with Gasteiger partial charge in [0.15, 0.2) is 17.3 Å². The molecule has 11 heteroatoms. The maximum atomic E-state index is 12.8. The van der Waals surface area contributed by atoms with E-state index in [1.54, 1.807) is 6.92 Å². The lowest BCUT2D eigenvalue weighted by Gasteiger charge is -2.12. The number of rotatable bonds is 8. The molecule has 0 aromatic heterocycles. The topological polar surface area (TPSA) is 77.5 Å². The van der Waals surface area contributed by atoms with Gasteiger partial charge in [0, 0.05) is 11.1 Å². The van der Waals surface area contributed by atoms with Crippen molar-refractivity contribution < 1.29 is 50.3 Å². The van der Waals surface area contributed by atoms with E-state index in [2.05, 4.69) is 0 Å². The predicted octanol–water partition coefficient (Wildman–Crippen LogP) is 6.26. The number of ketones is 4. The molecule has 2 aromatic rings. The van der Waals surface area contributed by atoms with Crippen molar-refractivity contribution in [1.82, 2.24) is 0 Å². The molecule has 0 bridgehead atoms. The fourth-order valence-electron chi connectivity index (χ4n) is 2.83. The smallest absolute Gasteiger partial charge is 0.417 e. The van der Waals surface area contributed by atoms with Crippen LogP contribution in [0.25, 0.3) is 0 Å². The van der Waals surface area contributed by atoms with Crippen LogP contribution in [0, 0.1) is 0 Å². The van der Waals surface area contributed by atoms with Crippen molar-refractivity contribution in [3.05, 3.63) is 82.6 Å². The van der Waals surface area contributed by atoms with Gasteiger partial charge in [-0.2, -0.15) is 26.3 Å². The standard InChI is InChI=1S/C14H13F3O3.C11H9F3O2/c1-3-20-8-11(9(2)18)13(19)10-6-4-5-7-12(10)14(15,16)17;1-7(15)6-10(16)8-4-2-3-5-9(8)11(12,13)14/h4-8H,3H2,1-2H3;2-5H,6H2,1H3. The van der Waals surface area contributed by atoms with Gasteiger partial charge in [0.25, 0.3) is 0 Å². The Balaban J connectivity index is 0.000000369. The average Bonchev–Trinajstić information content (AvgIpc) is 2.78. The molecule has 0 amide bonds. The Hall–Kier alpha value is -3.76. The molecular formula is C25H22F6O5. The van der Waals surface area contributed by atoms with Gasteiger partial charge in [0.2, 0.25) is 0 Å². The van der Waals surface area contributed by atoms with Crippen LogP contribution in [-0.4, -0.2) is 29.7 Å². The molecule has 36 heavy (non-hydrogen) atoms. The predicted molar refractivity (Wildman–Crippen MR) is 117 cm³/mol. The number of benzene rings is 2. The van der Waals surface area contributed by atoms with Crippen molar-refractivity contribution in [2.45, 2.75) is 39.5 Å². The quantitative estimate of drug-likeness (QED) is 0.103. The third-order valence-corrected chi connectivity index (χ3v) is 4.41. The van der Waals surface area contributed by atoms with E-state index in [0.29, 0.717) is 0 Å². The Morgan fingerprint density at radius 3 is 1.64 bits per heavy atom. The van der Waals surface area contributed by atoms with E-state index in [4.69, 9.17) is 4.74 Å². The number of halogens is 6. The van der Waals surface area contributed by atoms with Crippen molar-refractivity contribution in [3.8, 4) is 0 Å². The second-order valence-corrected chi connectivity index (χ2v) is 7.26. The summed E-state index contributed by atoms with van der Waals surface area (Å²) in [6, 6.07) is 8.76. The monoisotopic (exact) mass is 516 g/mol. The maximum Gasteiger partial charge on any atom is 0.417 e. The van der Waals surface area contributed by atoms with Crippen LogP contribution in [0.4, 0.5) is 26.3 Å². The largest absolute Gasteiger partial charge is 0.501 e. The fourth-order valence-corrected chi connectivity index (χ4v) is 2.83. The number of allylic oxidation sites excluding steroid dienone is 1. The Morgan fingerprint density at radius 2 is 1.22 bits per heavy atom. The molecule has 0 saturated carbocycles. The summed E-state index contributed by atoms with van der Waals surface area (Å²) >= 11 is 0. The van der Waals surface area contributed by atoms with Gasteiger partial charge in [-0.3, -0.25) is 19.2 Å². The van der Waals surface area contributed by atoms with Crippen LogP contribution in [0.15, 0.2) is 60.4 Å². The zero-order chi connectivity index (χ0) is 27.7. The van der Waals surface area contributed by atoms with Crippen molar-refractivity contribution in [2.24, 2.45) is 0 Å². The Labute approximate surface area is 202 Å². The Bertz CT molecular complexity index is 1150. The molecule has 0 saturated heterocycles. The van der Waals surface area contributed by atoms with E-state index in [9.17, 15) is 45.5 Å². The third kappa shape index (κ3) is 8.79. The molecule has 0 heterocycles. The first-order valence-electron chi connectivity index (χ1n) is 10.3. The number of carbonyl (C=O) groups excluding carboxylic acids is 4. The van der Waals surface area contributed by atoms with Crippen LogP contribution in [-0.2, 0) is 26.7 Å². The molecule has 0 spiro atoms. The van der Waals surface area contributed by atoms with Crippen LogP contribution in [0.5, 0.6) is 0 Å². The van der Waals surface area contributed by atoms with Gasteiger partial charge in [-0.15, -0.1) is 0 Å². The van der Waals surface area contributed by atoms with Gasteiger partial charge >= 0.3 is 12.4 Å². The molecule has 0 unspecified atom stereocenters. The van der Waals surface area contributed by atoms with E-state index in [1.165, 1.54) is 24.3 Å². The van der Waals surface area contributed by atoms with E-state index in [0.717, 1.165) is 44.4 Å². The minimum atomic E-state index is -4.67. The second-order valence-electron chi connectivity index (χ2n) is 7.26. The summed E-state index contributed by atoms with van der Waals surface area (Å²) in [4.78, 5) is 45.6. The van der Waals surface area contributed by atoms with E-state index < -0.39 is 69.7 Å². The van der Waals surface area contributed by atoms with Crippen molar-refractivity contribution in [2.75, 3.05) is 6.61 Å². The van der Waals surface area contributed by atoms with Gasteiger partial charge in [-0.1, -0.05) is 36.4 Å². The number of hydrogen-bond acceptors (Lipinski definition) is 5. The van der Waals surface area contributed by atoms with Gasteiger partial charge in [0.1, 0.15) is 5.78 Å². The first-order valence-corrected chi connectivity index (χ1v) is 10.3. The lowest BCUT2D eigenvalue weighted by molar-refractivity contribution is -0.138. The van der Waals surface area contributed by atoms with E-state index in [1.807, 2.05) is 0 Å². The minimum Gasteiger partial charge on any atom is -0.501 e. The summed E-state index contributed by atoms with van der Waals surface area (Å²) in [5.41, 5.74) is -3.51. The first kappa shape index (κ1) is 30.3. The molecule has 0 N–H and O–H groups in total. The molecule has 0 aliphatic rings. The number of alkyl halides is 6. The maximum absolute atomic E-state index is 12.8. The molecule has 0 atom stereocenters. The highest BCUT2D eigenvalue weighted by molar-refractivity contribution is 6.26. The molecule has 0 aliphatic heterocycles. The lowest BCUT2D eigenvalue weighted by Crippen LogP contribution is -2.17. The molecule has 2 aromatic carbocycles. The number of hydrogen-bond donors (Lipinski definition) is 0. The fraction of sp³-hybridized carbons (Fsp3) is 0.280. The van der Waals surface area contributed by atoms with E-state index in [-0.39, 0.29) is 6.61 Å². The average molecular weight is 516 g/mol. The van der Waals surface area contributed by atoms with Crippen LogP contribution in [0.3, 0.4) is 0 Å².